The normalized spacial score (nSPS) is 15.1. The van der Waals surface area contributed by atoms with Gasteiger partial charge < -0.3 is 15.7 Å². The van der Waals surface area contributed by atoms with Gasteiger partial charge in [-0.05, 0) is 66.0 Å². The second kappa shape index (κ2) is 7.02. The van der Waals surface area contributed by atoms with Crippen molar-refractivity contribution in [2.45, 2.75) is 18.9 Å². The molecule has 0 saturated heterocycles. The highest BCUT2D eigenvalue weighted by atomic mass is 32.1. The van der Waals surface area contributed by atoms with Crippen LogP contribution in [0.25, 0.3) is 0 Å². The van der Waals surface area contributed by atoms with Crippen LogP contribution >= 0.6 is 11.3 Å². The first-order valence-electron chi connectivity index (χ1n) is 7.75. The fourth-order valence-corrected chi connectivity index (χ4v) is 3.65. The molecule has 0 radical (unpaired) electrons. The zero-order valence-corrected chi connectivity index (χ0v) is 13.9. The van der Waals surface area contributed by atoms with E-state index >= 15 is 0 Å². The van der Waals surface area contributed by atoms with Crippen LogP contribution in [0.4, 0.5) is 10.5 Å². The Hall–Kier alpha value is -2.05. The monoisotopic (exact) mass is 331 g/mol. The van der Waals surface area contributed by atoms with E-state index in [9.17, 15) is 9.90 Å². The maximum Gasteiger partial charge on any atom is 0.321 e. The molecule has 0 fully saturated rings. The molecule has 2 amide bonds. The van der Waals surface area contributed by atoms with E-state index < -0.39 is 0 Å². The van der Waals surface area contributed by atoms with Gasteiger partial charge in [0, 0.05) is 18.8 Å². The Morgan fingerprint density at radius 2 is 2.30 bits per heavy atom. The van der Waals surface area contributed by atoms with Gasteiger partial charge in [0.05, 0.1) is 6.04 Å². The molecular formula is C17H21N3O2S. The van der Waals surface area contributed by atoms with Gasteiger partial charge in [0.2, 0.25) is 0 Å². The number of benzene rings is 1. The number of hydrogen-bond acceptors (Lipinski definition) is 4. The van der Waals surface area contributed by atoms with E-state index in [-0.39, 0.29) is 17.8 Å². The summed E-state index contributed by atoms with van der Waals surface area (Å²) in [5.41, 5.74) is 3.10. The van der Waals surface area contributed by atoms with E-state index in [1.54, 1.807) is 28.4 Å². The molecule has 1 aromatic carbocycles. The summed E-state index contributed by atoms with van der Waals surface area (Å²) in [4.78, 5) is 14.3. The van der Waals surface area contributed by atoms with E-state index in [0.717, 1.165) is 24.1 Å². The number of carbonyl (C=O) groups is 1. The lowest BCUT2D eigenvalue weighted by Gasteiger charge is -2.30. The average molecular weight is 331 g/mol. The van der Waals surface area contributed by atoms with E-state index in [2.05, 4.69) is 22.1 Å². The summed E-state index contributed by atoms with van der Waals surface area (Å²) < 4.78 is 0. The van der Waals surface area contributed by atoms with Crippen LogP contribution in [0, 0.1) is 0 Å². The largest absolute Gasteiger partial charge is 0.508 e. The van der Waals surface area contributed by atoms with Crippen molar-refractivity contribution in [2.24, 2.45) is 0 Å². The second-order valence-electron chi connectivity index (χ2n) is 5.65. The molecule has 2 heterocycles. The molecular weight excluding hydrogens is 310 g/mol. The number of aryl methyl sites for hydroxylation is 1. The molecule has 3 rings (SSSR count). The SMILES string of the molecule is CNC(CNC(=O)N1CCCc2cc(O)ccc21)c1ccsc1. The lowest BCUT2D eigenvalue weighted by Crippen LogP contribution is -2.45. The van der Waals surface area contributed by atoms with Crippen molar-refractivity contribution in [3.05, 3.63) is 46.2 Å². The fraction of sp³-hybridized carbons (Fsp3) is 0.353. The topological polar surface area (TPSA) is 64.6 Å². The predicted octanol–water partition coefficient (Wildman–Crippen LogP) is 2.88. The van der Waals surface area contributed by atoms with E-state index in [1.807, 2.05) is 18.5 Å². The van der Waals surface area contributed by atoms with Gasteiger partial charge in [0.1, 0.15) is 5.75 Å². The number of rotatable bonds is 4. The summed E-state index contributed by atoms with van der Waals surface area (Å²) in [6.45, 7) is 1.24. The molecule has 122 valence electrons. The van der Waals surface area contributed by atoms with Crippen LogP contribution in [-0.4, -0.2) is 31.3 Å². The van der Waals surface area contributed by atoms with Crippen molar-refractivity contribution in [3.8, 4) is 5.75 Å². The third-order valence-corrected chi connectivity index (χ3v) is 4.88. The first-order valence-corrected chi connectivity index (χ1v) is 8.70. The lowest BCUT2D eigenvalue weighted by molar-refractivity contribution is 0.244. The number of thiophene rings is 1. The number of likely N-dealkylation sites (N-methyl/N-ethyl adjacent to an activating group) is 1. The molecule has 0 saturated carbocycles. The van der Waals surface area contributed by atoms with E-state index in [4.69, 9.17) is 0 Å². The van der Waals surface area contributed by atoms with Gasteiger partial charge in [0.25, 0.3) is 0 Å². The quantitative estimate of drug-likeness (QED) is 0.807. The molecule has 1 aliphatic heterocycles. The molecule has 23 heavy (non-hydrogen) atoms. The van der Waals surface area contributed by atoms with Crippen LogP contribution < -0.4 is 15.5 Å². The van der Waals surface area contributed by atoms with Crippen molar-refractivity contribution in [1.29, 1.82) is 0 Å². The first kappa shape index (κ1) is 15.8. The standard InChI is InChI=1S/C17H21N3O2S/c1-18-15(13-6-8-23-11-13)10-19-17(22)20-7-2-3-12-9-14(21)4-5-16(12)20/h4-6,8-9,11,15,18,21H,2-3,7,10H2,1H3,(H,19,22). The molecule has 1 aliphatic rings. The van der Waals surface area contributed by atoms with E-state index in [1.165, 1.54) is 5.56 Å². The molecule has 0 bridgehead atoms. The predicted molar refractivity (Wildman–Crippen MR) is 93.3 cm³/mol. The average Bonchev–Trinajstić information content (AvgIpc) is 3.08. The number of anilines is 1. The molecule has 1 unspecified atom stereocenters. The van der Waals surface area contributed by atoms with Crippen molar-refractivity contribution >= 4 is 23.1 Å². The van der Waals surface area contributed by atoms with Crippen molar-refractivity contribution in [1.82, 2.24) is 10.6 Å². The summed E-state index contributed by atoms with van der Waals surface area (Å²) in [6, 6.07) is 7.28. The van der Waals surface area contributed by atoms with Gasteiger partial charge >= 0.3 is 6.03 Å². The van der Waals surface area contributed by atoms with Gasteiger partial charge in [-0.2, -0.15) is 11.3 Å². The number of phenols is 1. The molecule has 6 heteroatoms. The van der Waals surface area contributed by atoms with Crippen LogP contribution in [0.15, 0.2) is 35.0 Å². The van der Waals surface area contributed by atoms with Crippen LogP contribution in [0.2, 0.25) is 0 Å². The second-order valence-corrected chi connectivity index (χ2v) is 6.43. The number of amides is 2. The maximum atomic E-state index is 12.6. The zero-order valence-electron chi connectivity index (χ0n) is 13.1. The third kappa shape index (κ3) is 3.48. The first-order chi connectivity index (χ1) is 11.2. The van der Waals surface area contributed by atoms with Gasteiger partial charge in [-0.3, -0.25) is 4.90 Å². The van der Waals surface area contributed by atoms with Gasteiger partial charge in [0.15, 0.2) is 0 Å². The van der Waals surface area contributed by atoms with E-state index in [0.29, 0.717) is 13.1 Å². The number of urea groups is 1. The number of nitrogens with zero attached hydrogens (tertiary/aromatic N) is 1. The van der Waals surface area contributed by atoms with Crippen LogP contribution in [-0.2, 0) is 6.42 Å². The van der Waals surface area contributed by atoms with Crippen LogP contribution in [0.3, 0.4) is 0 Å². The van der Waals surface area contributed by atoms with Crippen LogP contribution in [0.5, 0.6) is 5.75 Å². The highest BCUT2D eigenvalue weighted by Gasteiger charge is 2.23. The molecule has 1 atom stereocenters. The summed E-state index contributed by atoms with van der Waals surface area (Å²) in [6.07, 6.45) is 1.80. The van der Waals surface area contributed by atoms with Crippen LogP contribution in [0.1, 0.15) is 23.6 Å². The number of nitrogens with one attached hydrogen (secondary N) is 2. The Morgan fingerprint density at radius 3 is 3.04 bits per heavy atom. The molecule has 5 nitrogen and oxygen atoms in total. The highest BCUT2D eigenvalue weighted by Crippen LogP contribution is 2.30. The minimum absolute atomic E-state index is 0.0906. The number of fused-ring (bicyclic) bond motifs is 1. The molecule has 0 aliphatic carbocycles. The Balaban J connectivity index is 1.67. The Kier molecular flexibility index (Phi) is 4.83. The number of carbonyl (C=O) groups excluding carboxylic acids is 1. The molecule has 0 spiro atoms. The lowest BCUT2D eigenvalue weighted by atomic mass is 10.0. The minimum atomic E-state index is -0.0906. The Bertz CT molecular complexity index is 672. The number of phenolic OH excluding ortho intramolecular Hbond substituents is 1. The summed E-state index contributed by atoms with van der Waals surface area (Å²) in [5.74, 6) is 0.249. The van der Waals surface area contributed by atoms with Crippen molar-refractivity contribution in [2.75, 3.05) is 25.0 Å². The Labute approximate surface area is 139 Å². The van der Waals surface area contributed by atoms with Crippen molar-refractivity contribution in [3.63, 3.8) is 0 Å². The highest BCUT2D eigenvalue weighted by molar-refractivity contribution is 7.07. The number of hydrogen-bond donors (Lipinski definition) is 3. The summed E-state index contributed by atoms with van der Waals surface area (Å²) in [5, 5.41) is 20.0. The minimum Gasteiger partial charge on any atom is -0.508 e. The molecule has 2 aromatic rings. The van der Waals surface area contributed by atoms with Gasteiger partial charge in [-0.25, -0.2) is 4.79 Å². The van der Waals surface area contributed by atoms with Gasteiger partial charge in [-0.1, -0.05) is 0 Å². The number of aromatic hydroxyl groups is 1. The fourth-order valence-electron chi connectivity index (χ4n) is 2.94. The summed E-state index contributed by atoms with van der Waals surface area (Å²) in [7, 11) is 1.90. The molecule has 3 N–H and O–H groups in total. The Morgan fingerprint density at radius 1 is 1.43 bits per heavy atom. The van der Waals surface area contributed by atoms with Gasteiger partial charge in [-0.15, -0.1) is 0 Å². The maximum absolute atomic E-state index is 12.6. The van der Waals surface area contributed by atoms with Crippen molar-refractivity contribution < 1.29 is 9.90 Å². The smallest absolute Gasteiger partial charge is 0.321 e. The zero-order chi connectivity index (χ0) is 16.2. The summed E-state index contributed by atoms with van der Waals surface area (Å²) >= 11 is 1.65. The third-order valence-electron chi connectivity index (χ3n) is 4.18. The molecule has 1 aromatic heterocycles.